The summed E-state index contributed by atoms with van der Waals surface area (Å²) in [4.78, 5) is 28.2. The van der Waals surface area contributed by atoms with Gasteiger partial charge in [-0.2, -0.15) is 0 Å². The van der Waals surface area contributed by atoms with Gasteiger partial charge in [0.2, 0.25) is 11.8 Å². The summed E-state index contributed by atoms with van der Waals surface area (Å²) >= 11 is 3.40. The number of hydrogen-bond acceptors (Lipinski definition) is 8. The summed E-state index contributed by atoms with van der Waals surface area (Å²) in [7, 11) is 1.24. The van der Waals surface area contributed by atoms with Gasteiger partial charge in [0.25, 0.3) is 10.0 Å². The van der Waals surface area contributed by atoms with Crippen LogP contribution in [0, 0.1) is 0 Å². The number of likely N-dealkylation sites (N-methyl/N-ethyl adjacent to an activating group) is 1. The number of hydrogen-bond donors (Lipinski definition) is 1. The number of carbonyl (C=O) groups excluding carboxylic acids is 2. The lowest BCUT2D eigenvalue weighted by Crippen LogP contribution is -2.51. The molecule has 0 fully saturated rings. The molecule has 0 aliphatic carbocycles. The number of anilines is 1. The number of nitrogens with one attached hydrogen (secondary N) is 1. The molecule has 0 saturated heterocycles. The van der Waals surface area contributed by atoms with E-state index in [-0.39, 0.29) is 34.5 Å². The number of carbonyl (C=O) groups is 2. The van der Waals surface area contributed by atoms with Crippen LogP contribution in [0.3, 0.4) is 0 Å². The fourth-order valence-corrected chi connectivity index (χ4v) is 6.00. The molecule has 0 saturated carbocycles. The van der Waals surface area contributed by atoms with E-state index in [0.717, 1.165) is 14.3 Å². The van der Waals surface area contributed by atoms with Crippen LogP contribution >= 0.6 is 15.9 Å². The molecule has 0 aliphatic rings. The van der Waals surface area contributed by atoms with Crippen molar-refractivity contribution in [1.29, 1.82) is 0 Å². The van der Waals surface area contributed by atoms with Crippen molar-refractivity contribution in [3.05, 3.63) is 70.7 Å². The molecule has 1 N–H and O–H groups in total. The van der Waals surface area contributed by atoms with Crippen LogP contribution < -0.4 is 28.6 Å². The van der Waals surface area contributed by atoms with Gasteiger partial charge in [-0.15, -0.1) is 0 Å². The molecule has 1 atom stereocenters. The summed E-state index contributed by atoms with van der Waals surface area (Å²) < 4.78 is 51.9. The minimum Gasteiger partial charge on any atom is -0.497 e. The zero-order chi connectivity index (χ0) is 31.7. The second kappa shape index (κ2) is 15.0. The molecule has 3 aromatic rings. The van der Waals surface area contributed by atoms with Gasteiger partial charge in [0.05, 0.1) is 39.0 Å². The Balaban J connectivity index is 2.17. The summed E-state index contributed by atoms with van der Waals surface area (Å²) in [5.74, 6) is 0.0672. The Morgan fingerprint density at radius 3 is 2.07 bits per heavy atom. The van der Waals surface area contributed by atoms with Gasteiger partial charge in [0.1, 0.15) is 24.1 Å². The van der Waals surface area contributed by atoms with Gasteiger partial charge in [-0.05, 0) is 55.8 Å². The van der Waals surface area contributed by atoms with Crippen molar-refractivity contribution in [1.82, 2.24) is 10.2 Å². The van der Waals surface area contributed by atoms with E-state index >= 15 is 0 Å². The van der Waals surface area contributed by atoms with E-state index in [1.165, 1.54) is 57.6 Å². The molecule has 0 aliphatic heterocycles. The summed E-state index contributed by atoms with van der Waals surface area (Å²) in [6, 6.07) is 15.1. The SMILES string of the molecule is CCNC(=O)[C@H](C)N(Cc1ccc(Br)cc1)C(=O)CN(c1cc(OC)ccc1OC)S(=O)(=O)c1ccc(OC)c(OC)c1. The van der Waals surface area contributed by atoms with E-state index in [9.17, 15) is 18.0 Å². The predicted molar refractivity (Wildman–Crippen MR) is 166 cm³/mol. The first-order valence-electron chi connectivity index (χ1n) is 13.3. The third-order valence-corrected chi connectivity index (χ3v) is 8.95. The second-order valence-electron chi connectivity index (χ2n) is 9.28. The van der Waals surface area contributed by atoms with Crippen molar-refractivity contribution in [2.75, 3.05) is 45.8 Å². The molecule has 0 unspecified atom stereocenters. The third kappa shape index (κ3) is 7.90. The number of methoxy groups -OCH3 is 4. The summed E-state index contributed by atoms with van der Waals surface area (Å²) in [6.07, 6.45) is 0. The van der Waals surface area contributed by atoms with Crippen LogP contribution in [-0.4, -0.2) is 72.7 Å². The fourth-order valence-electron chi connectivity index (χ4n) is 4.30. The Kier molecular flexibility index (Phi) is 11.7. The van der Waals surface area contributed by atoms with Crippen molar-refractivity contribution in [3.8, 4) is 23.0 Å². The average Bonchev–Trinajstić information content (AvgIpc) is 3.02. The quantitative estimate of drug-likeness (QED) is 0.269. The number of sulfonamides is 1. The van der Waals surface area contributed by atoms with Gasteiger partial charge < -0.3 is 29.2 Å². The molecular formula is C30H36BrN3O8S. The van der Waals surface area contributed by atoms with Crippen molar-refractivity contribution in [3.63, 3.8) is 0 Å². The molecule has 0 bridgehead atoms. The van der Waals surface area contributed by atoms with E-state index < -0.39 is 28.5 Å². The standard InChI is InChI=1S/C30H36BrN3O8S/c1-7-32-30(36)20(2)33(18-21-8-10-22(31)11-9-21)29(35)19-34(25-16-23(39-3)12-14-26(25)40-4)43(37,38)24-13-15-27(41-5)28(17-24)42-6/h8-17,20H,7,18-19H2,1-6H3,(H,32,36)/t20-/m0/s1. The van der Waals surface area contributed by atoms with Gasteiger partial charge in [0, 0.05) is 29.7 Å². The smallest absolute Gasteiger partial charge is 0.265 e. The lowest BCUT2D eigenvalue weighted by molar-refractivity contribution is -0.139. The summed E-state index contributed by atoms with van der Waals surface area (Å²) in [6.45, 7) is 3.15. The molecule has 3 rings (SSSR count). The van der Waals surface area contributed by atoms with Gasteiger partial charge in [-0.3, -0.25) is 13.9 Å². The second-order valence-corrected chi connectivity index (χ2v) is 12.1. The van der Waals surface area contributed by atoms with Crippen molar-refractivity contribution < 1.29 is 37.0 Å². The molecule has 11 nitrogen and oxygen atoms in total. The Morgan fingerprint density at radius 2 is 1.49 bits per heavy atom. The molecular weight excluding hydrogens is 642 g/mol. The Hall–Kier alpha value is -3.97. The van der Waals surface area contributed by atoms with Crippen LogP contribution in [0.4, 0.5) is 5.69 Å². The molecule has 43 heavy (non-hydrogen) atoms. The molecule has 2 amide bonds. The van der Waals surface area contributed by atoms with E-state index in [2.05, 4.69) is 21.2 Å². The molecule has 3 aromatic carbocycles. The van der Waals surface area contributed by atoms with Crippen LogP contribution in [0.1, 0.15) is 19.4 Å². The minimum atomic E-state index is -4.42. The first kappa shape index (κ1) is 33.5. The van der Waals surface area contributed by atoms with Crippen molar-refractivity contribution in [2.45, 2.75) is 31.3 Å². The maximum atomic E-state index is 14.3. The third-order valence-electron chi connectivity index (χ3n) is 6.66. The topological polar surface area (TPSA) is 124 Å². The van der Waals surface area contributed by atoms with Crippen LogP contribution in [0.15, 0.2) is 70.0 Å². The number of rotatable bonds is 14. The van der Waals surface area contributed by atoms with Crippen LogP contribution in [0.2, 0.25) is 0 Å². The number of nitrogens with zero attached hydrogens (tertiary/aromatic N) is 2. The van der Waals surface area contributed by atoms with Crippen molar-refractivity contribution in [2.24, 2.45) is 0 Å². The number of benzene rings is 3. The number of amides is 2. The van der Waals surface area contributed by atoms with Gasteiger partial charge in [-0.1, -0.05) is 28.1 Å². The Bertz CT molecular complexity index is 1530. The van der Waals surface area contributed by atoms with E-state index in [4.69, 9.17) is 18.9 Å². The number of ether oxygens (including phenoxy) is 4. The van der Waals surface area contributed by atoms with E-state index in [0.29, 0.717) is 18.0 Å². The maximum Gasteiger partial charge on any atom is 0.265 e. The van der Waals surface area contributed by atoms with Gasteiger partial charge in [-0.25, -0.2) is 8.42 Å². The maximum absolute atomic E-state index is 14.3. The highest BCUT2D eigenvalue weighted by Crippen LogP contribution is 2.37. The van der Waals surface area contributed by atoms with Crippen molar-refractivity contribution >= 4 is 43.5 Å². The van der Waals surface area contributed by atoms with Crippen LogP contribution in [0.25, 0.3) is 0 Å². The largest absolute Gasteiger partial charge is 0.497 e. The first-order valence-corrected chi connectivity index (χ1v) is 15.5. The molecule has 0 spiro atoms. The van der Waals surface area contributed by atoms with Crippen LogP contribution in [-0.2, 0) is 26.2 Å². The molecule has 0 radical (unpaired) electrons. The highest BCUT2D eigenvalue weighted by Gasteiger charge is 2.34. The fraction of sp³-hybridized carbons (Fsp3) is 0.333. The lowest BCUT2D eigenvalue weighted by atomic mass is 10.1. The highest BCUT2D eigenvalue weighted by atomic mass is 79.9. The molecule has 0 heterocycles. The average molecular weight is 679 g/mol. The highest BCUT2D eigenvalue weighted by molar-refractivity contribution is 9.10. The Labute approximate surface area is 260 Å². The Morgan fingerprint density at radius 1 is 0.860 bits per heavy atom. The van der Waals surface area contributed by atoms with Crippen LogP contribution in [0.5, 0.6) is 23.0 Å². The van der Waals surface area contributed by atoms with E-state index in [1.54, 1.807) is 26.0 Å². The minimum absolute atomic E-state index is 0.0594. The molecule has 13 heteroatoms. The normalized spacial score (nSPS) is 11.7. The molecule has 0 aromatic heterocycles. The lowest BCUT2D eigenvalue weighted by Gasteiger charge is -2.32. The zero-order valence-electron chi connectivity index (χ0n) is 24.9. The summed E-state index contributed by atoms with van der Waals surface area (Å²) in [5.41, 5.74) is 0.820. The zero-order valence-corrected chi connectivity index (χ0v) is 27.3. The van der Waals surface area contributed by atoms with Gasteiger partial charge >= 0.3 is 0 Å². The van der Waals surface area contributed by atoms with E-state index in [1.807, 2.05) is 24.3 Å². The first-order chi connectivity index (χ1) is 20.5. The van der Waals surface area contributed by atoms with Gasteiger partial charge in [0.15, 0.2) is 11.5 Å². The predicted octanol–water partition coefficient (Wildman–Crippen LogP) is 4.23. The monoisotopic (exact) mass is 677 g/mol. The number of halogens is 1. The molecule has 232 valence electrons. The summed E-state index contributed by atoms with van der Waals surface area (Å²) in [5, 5.41) is 2.74.